The third-order valence-electron chi connectivity index (χ3n) is 2.79. The number of rotatable bonds is 6. The summed E-state index contributed by atoms with van der Waals surface area (Å²) >= 11 is 0. The monoisotopic (exact) mass is 263 g/mol. The summed E-state index contributed by atoms with van der Waals surface area (Å²) in [6.07, 6.45) is 3.71. The maximum absolute atomic E-state index is 11.5. The molecule has 1 heterocycles. The predicted molar refractivity (Wildman–Crippen MR) is 69.6 cm³/mol. The lowest BCUT2D eigenvalue weighted by Crippen LogP contribution is -2.35. The van der Waals surface area contributed by atoms with Gasteiger partial charge in [-0.25, -0.2) is 0 Å². The summed E-state index contributed by atoms with van der Waals surface area (Å²) in [5.74, 6) is -0.0587. The molecule has 7 nitrogen and oxygen atoms in total. The molecule has 5 N–H and O–H groups in total. The molecule has 0 aliphatic heterocycles. The standard InChI is InChI=1S/C12H17N5O2/c13-12(17-19)11-8(2-1-5-15-11)6-14-7-10(18)16-9-3-4-9/h1-2,5,9,14,19H,3-4,6-7H2,(H2,13,17)(H,16,18). The maximum atomic E-state index is 11.5. The van der Waals surface area contributed by atoms with Crippen molar-refractivity contribution in [1.82, 2.24) is 15.6 Å². The molecule has 0 atom stereocenters. The van der Waals surface area contributed by atoms with E-state index in [1.807, 2.05) is 6.07 Å². The fraction of sp³-hybridized carbons (Fsp3) is 0.417. The number of amides is 1. The van der Waals surface area contributed by atoms with Gasteiger partial charge in [0.2, 0.25) is 5.91 Å². The highest BCUT2D eigenvalue weighted by molar-refractivity contribution is 5.96. The van der Waals surface area contributed by atoms with Gasteiger partial charge in [0.1, 0.15) is 5.69 Å². The smallest absolute Gasteiger partial charge is 0.234 e. The SMILES string of the molecule is NC(=NO)c1ncccc1CNCC(=O)NC1CC1. The van der Waals surface area contributed by atoms with Gasteiger partial charge in [0.15, 0.2) is 5.84 Å². The van der Waals surface area contributed by atoms with Gasteiger partial charge in [-0.05, 0) is 24.5 Å². The molecule has 0 unspecified atom stereocenters. The number of amidine groups is 1. The van der Waals surface area contributed by atoms with E-state index >= 15 is 0 Å². The largest absolute Gasteiger partial charge is 0.409 e. The summed E-state index contributed by atoms with van der Waals surface area (Å²) in [4.78, 5) is 15.5. The second-order valence-corrected chi connectivity index (χ2v) is 4.44. The van der Waals surface area contributed by atoms with Gasteiger partial charge in [-0.15, -0.1) is 0 Å². The summed E-state index contributed by atoms with van der Waals surface area (Å²) in [7, 11) is 0. The quantitative estimate of drug-likeness (QED) is 0.240. The Balaban J connectivity index is 1.86. The minimum absolute atomic E-state index is 0.0169. The molecule has 1 aromatic rings. The van der Waals surface area contributed by atoms with Gasteiger partial charge >= 0.3 is 0 Å². The molecule has 1 amide bonds. The molecule has 0 radical (unpaired) electrons. The van der Waals surface area contributed by atoms with Crippen LogP contribution in [0, 0.1) is 0 Å². The second-order valence-electron chi connectivity index (χ2n) is 4.44. The van der Waals surface area contributed by atoms with Gasteiger partial charge < -0.3 is 21.6 Å². The van der Waals surface area contributed by atoms with E-state index in [1.165, 1.54) is 0 Å². The first kappa shape index (κ1) is 13.3. The number of carbonyl (C=O) groups is 1. The van der Waals surface area contributed by atoms with E-state index < -0.39 is 0 Å². The van der Waals surface area contributed by atoms with Crippen LogP contribution >= 0.6 is 0 Å². The van der Waals surface area contributed by atoms with Gasteiger partial charge in [0.25, 0.3) is 0 Å². The molecule has 0 bridgehead atoms. The lowest BCUT2D eigenvalue weighted by atomic mass is 10.2. The van der Waals surface area contributed by atoms with Crippen LogP contribution in [0.5, 0.6) is 0 Å². The summed E-state index contributed by atoms with van der Waals surface area (Å²) in [6.45, 7) is 0.665. The molecule has 1 aliphatic carbocycles. The van der Waals surface area contributed by atoms with Crippen molar-refractivity contribution in [2.75, 3.05) is 6.54 Å². The lowest BCUT2D eigenvalue weighted by Gasteiger charge is -2.08. The lowest BCUT2D eigenvalue weighted by molar-refractivity contribution is -0.120. The van der Waals surface area contributed by atoms with Crippen LogP contribution in [0.15, 0.2) is 23.5 Å². The van der Waals surface area contributed by atoms with Crippen molar-refractivity contribution in [2.24, 2.45) is 10.9 Å². The fourth-order valence-corrected chi connectivity index (χ4v) is 1.68. The Labute approximate surface area is 110 Å². The van der Waals surface area contributed by atoms with Crippen molar-refractivity contribution >= 4 is 11.7 Å². The number of oxime groups is 1. The zero-order chi connectivity index (χ0) is 13.7. The van der Waals surface area contributed by atoms with Crippen molar-refractivity contribution in [2.45, 2.75) is 25.4 Å². The Kier molecular flexibility index (Phi) is 4.30. The van der Waals surface area contributed by atoms with Gasteiger partial charge in [0.05, 0.1) is 6.54 Å². The normalized spacial score (nSPS) is 15.3. The summed E-state index contributed by atoms with van der Waals surface area (Å²) in [6, 6.07) is 3.93. The molecule has 1 fully saturated rings. The van der Waals surface area contributed by atoms with Crippen LogP contribution in [0.3, 0.4) is 0 Å². The van der Waals surface area contributed by atoms with Gasteiger partial charge in [-0.3, -0.25) is 9.78 Å². The average molecular weight is 263 g/mol. The van der Waals surface area contributed by atoms with E-state index in [-0.39, 0.29) is 18.3 Å². The molecular formula is C12H17N5O2. The van der Waals surface area contributed by atoms with Crippen molar-refractivity contribution in [1.29, 1.82) is 0 Å². The van der Waals surface area contributed by atoms with Crippen LogP contribution in [-0.2, 0) is 11.3 Å². The molecule has 0 aromatic carbocycles. The zero-order valence-electron chi connectivity index (χ0n) is 10.5. The number of aromatic nitrogens is 1. The Hall–Kier alpha value is -2.15. The third-order valence-corrected chi connectivity index (χ3v) is 2.79. The van der Waals surface area contributed by atoms with E-state index in [1.54, 1.807) is 12.3 Å². The number of nitrogens with zero attached hydrogens (tertiary/aromatic N) is 2. The third kappa shape index (κ3) is 3.92. The summed E-state index contributed by atoms with van der Waals surface area (Å²) < 4.78 is 0. The highest BCUT2D eigenvalue weighted by Crippen LogP contribution is 2.18. The van der Waals surface area contributed by atoms with Crippen LogP contribution in [0.1, 0.15) is 24.1 Å². The maximum Gasteiger partial charge on any atom is 0.234 e. The Morgan fingerprint density at radius 3 is 3.05 bits per heavy atom. The van der Waals surface area contributed by atoms with Crippen LogP contribution in [0.25, 0.3) is 0 Å². The summed E-state index contributed by atoms with van der Waals surface area (Å²) in [5.41, 5.74) is 6.72. The van der Waals surface area contributed by atoms with E-state index in [4.69, 9.17) is 10.9 Å². The fourth-order valence-electron chi connectivity index (χ4n) is 1.68. The predicted octanol–water partition coefficient (Wildman–Crippen LogP) is -0.456. The number of nitrogens with one attached hydrogen (secondary N) is 2. The number of pyridine rings is 1. The Morgan fingerprint density at radius 2 is 2.37 bits per heavy atom. The molecule has 1 aromatic heterocycles. The molecule has 19 heavy (non-hydrogen) atoms. The number of hydrogen-bond acceptors (Lipinski definition) is 5. The molecule has 102 valence electrons. The van der Waals surface area contributed by atoms with Crippen LogP contribution in [0.2, 0.25) is 0 Å². The summed E-state index contributed by atoms with van der Waals surface area (Å²) in [5, 5.41) is 17.5. The Bertz CT molecular complexity index is 485. The van der Waals surface area contributed by atoms with Crippen molar-refractivity contribution in [3.05, 3.63) is 29.6 Å². The molecule has 7 heteroatoms. The first-order valence-electron chi connectivity index (χ1n) is 6.12. The second kappa shape index (κ2) is 6.14. The first-order valence-corrected chi connectivity index (χ1v) is 6.12. The van der Waals surface area contributed by atoms with E-state index in [2.05, 4.69) is 20.8 Å². The molecule has 2 rings (SSSR count). The van der Waals surface area contributed by atoms with Gasteiger partial charge in [0, 0.05) is 18.8 Å². The zero-order valence-corrected chi connectivity index (χ0v) is 10.5. The Morgan fingerprint density at radius 1 is 1.58 bits per heavy atom. The topological polar surface area (TPSA) is 113 Å². The van der Waals surface area contributed by atoms with E-state index in [9.17, 15) is 4.79 Å². The van der Waals surface area contributed by atoms with Crippen LogP contribution in [-0.4, -0.2) is 34.5 Å². The minimum Gasteiger partial charge on any atom is -0.409 e. The first-order chi connectivity index (χ1) is 9.20. The highest BCUT2D eigenvalue weighted by atomic mass is 16.4. The molecule has 1 saturated carbocycles. The van der Waals surface area contributed by atoms with Crippen molar-refractivity contribution < 1.29 is 10.0 Å². The average Bonchev–Trinajstić information content (AvgIpc) is 3.22. The molecule has 1 aliphatic rings. The van der Waals surface area contributed by atoms with Gasteiger partial charge in [-0.2, -0.15) is 0 Å². The minimum atomic E-state index is -0.0418. The van der Waals surface area contributed by atoms with E-state index in [0.717, 1.165) is 18.4 Å². The van der Waals surface area contributed by atoms with Crippen LogP contribution < -0.4 is 16.4 Å². The molecular weight excluding hydrogens is 246 g/mol. The number of hydrogen-bond donors (Lipinski definition) is 4. The van der Waals surface area contributed by atoms with Crippen molar-refractivity contribution in [3.63, 3.8) is 0 Å². The number of carbonyl (C=O) groups excluding carboxylic acids is 1. The highest BCUT2D eigenvalue weighted by Gasteiger charge is 2.22. The molecule has 0 saturated heterocycles. The molecule has 0 spiro atoms. The number of nitrogens with two attached hydrogens (primary N) is 1. The van der Waals surface area contributed by atoms with E-state index in [0.29, 0.717) is 18.3 Å². The van der Waals surface area contributed by atoms with Crippen molar-refractivity contribution in [3.8, 4) is 0 Å². The van der Waals surface area contributed by atoms with Gasteiger partial charge in [-0.1, -0.05) is 11.2 Å². The van der Waals surface area contributed by atoms with Crippen LogP contribution in [0.4, 0.5) is 0 Å².